The van der Waals surface area contributed by atoms with Crippen LogP contribution in [-0.4, -0.2) is 195 Å². The van der Waals surface area contributed by atoms with Gasteiger partial charge in [0.05, 0.1) is 38.3 Å². The van der Waals surface area contributed by atoms with Gasteiger partial charge in [-0.1, -0.05) is 18.6 Å². The van der Waals surface area contributed by atoms with Gasteiger partial charge in [0.15, 0.2) is 5.11 Å². The minimum atomic E-state index is -1.08. The van der Waals surface area contributed by atoms with E-state index in [1.54, 1.807) is 19.6 Å². The molecule has 0 aromatic heterocycles. The number of carbonyl (C=O) groups excluding carboxylic acids is 2. The molecule has 4 rings (SSSR count). The van der Waals surface area contributed by atoms with Crippen molar-refractivity contribution < 1.29 is 49.2 Å². The van der Waals surface area contributed by atoms with Gasteiger partial charge in [-0.15, -0.1) is 0 Å². The largest absolute Gasteiger partial charge is 0.480 e. The zero-order chi connectivity index (χ0) is 42.7. The van der Waals surface area contributed by atoms with Gasteiger partial charge < -0.3 is 47.0 Å². The Hall–Kier alpha value is -4.28. The first-order chi connectivity index (χ1) is 28.2. The van der Waals surface area contributed by atoms with Crippen molar-refractivity contribution in [3.63, 3.8) is 0 Å². The normalized spacial score (nSPS) is 22.2. The van der Waals surface area contributed by atoms with Crippen LogP contribution >= 0.6 is 24.0 Å². The Balaban J connectivity index is 1.23. The zero-order valence-electron chi connectivity index (χ0n) is 33.3. The number of anilines is 1. The predicted octanol–water partition coefficient (Wildman–Crippen LogP) is 0.0663. The molecule has 4 unspecified atom stereocenters. The molecule has 328 valence electrons. The van der Waals surface area contributed by atoms with Crippen molar-refractivity contribution >= 4 is 70.6 Å². The average molecular weight is 866 g/mol. The van der Waals surface area contributed by atoms with Crippen molar-refractivity contribution in [2.75, 3.05) is 96.2 Å². The fourth-order valence-corrected chi connectivity index (χ4v) is 9.33. The number of thiocarbonyl (C=S) groups is 1. The van der Waals surface area contributed by atoms with E-state index >= 15 is 0 Å². The highest BCUT2D eigenvalue weighted by Gasteiger charge is 2.42. The Morgan fingerprint density at radius 2 is 1.31 bits per heavy atom. The summed E-state index contributed by atoms with van der Waals surface area (Å²) in [4.78, 5) is 77.7. The van der Waals surface area contributed by atoms with Gasteiger partial charge in [-0.25, -0.2) is 4.79 Å². The summed E-state index contributed by atoms with van der Waals surface area (Å²) in [6.07, 6.45) is 5.14. The third-order valence-electron chi connectivity index (χ3n) is 10.5. The van der Waals surface area contributed by atoms with Gasteiger partial charge in [-0.05, 0) is 62.0 Å². The summed E-state index contributed by atoms with van der Waals surface area (Å²) < 4.78 is 0. The molecule has 0 radical (unpaired) electrons. The number of fused-ring (bicyclic) bond motifs is 1. The molecule has 1 aromatic carbocycles. The number of benzene rings is 1. The number of hydrogen-bond acceptors (Lipinski definition) is 12. The highest BCUT2D eigenvalue weighted by Crippen LogP contribution is 2.33. The molecule has 1 aromatic rings. The summed E-state index contributed by atoms with van der Waals surface area (Å²) in [5, 5.41) is 54.6. The predicted molar refractivity (Wildman–Crippen MR) is 226 cm³/mol. The van der Waals surface area contributed by atoms with Crippen molar-refractivity contribution in [3.8, 4) is 0 Å². The topological polar surface area (TPSA) is 256 Å². The van der Waals surface area contributed by atoms with Crippen LogP contribution in [0, 0.1) is 0 Å². The molecule has 3 heterocycles. The molecule has 3 fully saturated rings. The highest BCUT2D eigenvalue weighted by atomic mass is 32.2. The van der Waals surface area contributed by atoms with Crippen LogP contribution in [0.4, 0.5) is 10.5 Å². The van der Waals surface area contributed by atoms with Gasteiger partial charge in [0.25, 0.3) is 0 Å². The van der Waals surface area contributed by atoms with E-state index in [4.69, 9.17) is 12.2 Å². The molecular formula is C38H59N9O10S2. The van der Waals surface area contributed by atoms with Crippen LogP contribution in [0.15, 0.2) is 24.3 Å². The second kappa shape index (κ2) is 24.7. The maximum Gasteiger partial charge on any atom is 0.317 e. The van der Waals surface area contributed by atoms with Crippen molar-refractivity contribution in [1.29, 1.82) is 0 Å². The van der Waals surface area contributed by atoms with Crippen molar-refractivity contribution in [1.82, 2.24) is 40.9 Å². The lowest BCUT2D eigenvalue weighted by molar-refractivity contribution is -0.142. The van der Waals surface area contributed by atoms with E-state index in [1.165, 1.54) is 0 Å². The van der Waals surface area contributed by atoms with Crippen LogP contribution in [0.25, 0.3) is 0 Å². The highest BCUT2D eigenvalue weighted by molar-refractivity contribution is 8.00. The zero-order valence-corrected chi connectivity index (χ0v) is 34.9. The Bertz CT molecular complexity index is 1590. The van der Waals surface area contributed by atoms with Crippen LogP contribution in [0.5, 0.6) is 0 Å². The fourth-order valence-electron chi connectivity index (χ4n) is 7.57. The SMILES string of the molecule is O=C(O)CN1CCN(CC(=O)O)CCN(CC(=O)O)C(Cc2ccc(NC(=S)NCCCCNC(=O)CCCCC3SCC4NC(=O)NC43)cc2)CN(CC(=O)O)CC1. The van der Waals surface area contributed by atoms with Crippen molar-refractivity contribution in [3.05, 3.63) is 29.8 Å². The van der Waals surface area contributed by atoms with Gasteiger partial charge in [0.2, 0.25) is 5.91 Å². The lowest BCUT2D eigenvalue weighted by Gasteiger charge is -2.37. The third-order valence-corrected chi connectivity index (χ3v) is 12.3. The number of urea groups is 1. The van der Waals surface area contributed by atoms with Crippen molar-refractivity contribution in [2.45, 2.75) is 68.3 Å². The van der Waals surface area contributed by atoms with Gasteiger partial charge >= 0.3 is 29.9 Å². The summed E-state index contributed by atoms with van der Waals surface area (Å²) in [5.41, 5.74) is 1.59. The number of carboxylic acid groups (broad SMARTS) is 4. The molecule has 3 aliphatic heterocycles. The summed E-state index contributed by atoms with van der Waals surface area (Å²) >= 11 is 7.36. The second-order valence-corrected chi connectivity index (χ2v) is 16.9. The molecule has 0 spiro atoms. The molecule has 0 bridgehead atoms. The molecule has 9 N–H and O–H groups in total. The van der Waals surface area contributed by atoms with Gasteiger partial charge in [-0.2, -0.15) is 11.8 Å². The van der Waals surface area contributed by atoms with E-state index in [9.17, 15) is 49.2 Å². The maximum absolute atomic E-state index is 12.3. The third kappa shape index (κ3) is 17.9. The fraction of sp³-hybridized carbons (Fsp3) is 0.658. The molecule has 21 heteroatoms. The summed E-state index contributed by atoms with van der Waals surface area (Å²) in [6, 6.07) is 7.28. The standard InChI is InChI=1S/C38H59N9O10S2/c48-31(6-2-1-5-30-36-29(25-59-30)42-37(57)43-36)39-11-3-4-12-40-38(58)41-27-9-7-26(8-10-27)19-28-20-46(23-34(53)54)16-15-44(21-32(49)50)13-14-45(22-33(51)52)17-18-47(28)24-35(55)56/h7-10,28-30,36H,1-6,11-25H2,(H,39,48)(H,49,50)(H,51,52)(H,53,54)(H,55,56)(H2,40,41,58)(H2,42,43,57). The number of thioether (sulfide) groups is 1. The molecular weight excluding hydrogens is 807 g/mol. The number of carboxylic acids is 4. The molecule has 0 saturated carbocycles. The van der Waals surface area contributed by atoms with E-state index in [-0.39, 0.29) is 96.0 Å². The lowest BCUT2D eigenvalue weighted by atomic mass is 10.0. The first kappa shape index (κ1) is 47.4. The Kier molecular flexibility index (Phi) is 19.9. The molecule has 59 heavy (non-hydrogen) atoms. The van der Waals surface area contributed by atoms with Crippen LogP contribution in [0.1, 0.15) is 44.1 Å². The number of unbranched alkanes of at least 4 members (excludes halogenated alkanes) is 2. The number of amides is 3. The second-order valence-electron chi connectivity index (χ2n) is 15.2. The van der Waals surface area contributed by atoms with Crippen LogP contribution in [0.3, 0.4) is 0 Å². The molecule has 0 aliphatic carbocycles. The van der Waals surface area contributed by atoms with E-state index in [1.807, 2.05) is 36.0 Å². The first-order valence-corrected chi connectivity index (χ1v) is 21.6. The molecule has 3 amide bonds. The smallest absolute Gasteiger partial charge is 0.317 e. The number of nitrogens with zero attached hydrogens (tertiary/aromatic N) is 4. The summed E-state index contributed by atoms with van der Waals surface area (Å²) in [5.74, 6) is -3.29. The van der Waals surface area contributed by atoms with Gasteiger partial charge in [0, 0.05) is 88.1 Å². The summed E-state index contributed by atoms with van der Waals surface area (Å²) in [7, 11) is 0. The number of carbonyl (C=O) groups is 6. The molecule has 4 atom stereocenters. The van der Waals surface area contributed by atoms with Gasteiger partial charge in [-0.3, -0.25) is 43.6 Å². The minimum absolute atomic E-state index is 0.0385. The van der Waals surface area contributed by atoms with E-state index in [0.29, 0.717) is 36.3 Å². The minimum Gasteiger partial charge on any atom is -0.480 e. The monoisotopic (exact) mass is 865 g/mol. The van der Waals surface area contributed by atoms with Crippen LogP contribution in [0.2, 0.25) is 0 Å². The molecule has 3 saturated heterocycles. The number of aliphatic carboxylic acids is 4. The van der Waals surface area contributed by atoms with E-state index in [2.05, 4.69) is 26.6 Å². The maximum atomic E-state index is 12.3. The Morgan fingerprint density at radius 1 is 0.729 bits per heavy atom. The average Bonchev–Trinajstić information content (AvgIpc) is 3.72. The van der Waals surface area contributed by atoms with Crippen LogP contribution < -0.4 is 26.6 Å². The van der Waals surface area contributed by atoms with Crippen molar-refractivity contribution in [2.24, 2.45) is 0 Å². The lowest BCUT2D eigenvalue weighted by Crippen LogP contribution is -2.53. The number of rotatable bonds is 21. The van der Waals surface area contributed by atoms with E-state index in [0.717, 1.165) is 49.1 Å². The van der Waals surface area contributed by atoms with Gasteiger partial charge in [0.1, 0.15) is 0 Å². The summed E-state index contributed by atoms with van der Waals surface area (Å²) in [6.45, 7) is 1.42. The van der Waals surface area contributed by atoms with E-state index < -0.39 is 29.9 Å². The Morgan fingerprint density at radius 3 is 1.93 bits per heavy atom. The first-order valence-electron chi connectivity index (χ1n) is 20.1. The quantitative estimate of drug-likeness (QED) is 0.0450. The molecule has 19 nitrogen and oxygen atoms in total. The number of hydrogen-bond donors (Lipinski definition) is 9. The molecule has 3 aliphatic rings. The Labute approximate surface area is 354 Å². The van der Waals surface area contributed by atoms with Crippen LogP contribution in [-0.2, 0) is 30.4 Å². The number of nitrogens with one attached hydrogen (secondary N) is 5.